The molecule has 3 heterocycles. The van der Waals surface area contributed by atoms with Gasteiger partial charge in [-0.25, -0.2) is 4.98 Å². The highest BCUT2D eigenvalue weighted by Crippen LogP contribution is 2.33. The molecule has 29 heavy (non-hydrogen) atoms. The third kappa shape index (κ3) is 3.46. The smallest absolute Gasteiger partial charge is 0.256 e. The van der Waals surface area contributed by atoms with Crippen molar-refractivity contribution in [2.75, 3.05) is 5.32 Å². The van der Waals surface area contributed by atoms with E-state index in [0.717, 1.165) is 0 Å². The molecule has 0 radical (unpaired) electrons. The quantitative estimate of drug-likeness (QED) is 0.739. The average molecular weight is 387 g/mol. The van der Waals surface area contributed by atoms with Crippen LogP contribution in [0.15, 0.2) is 48.8 Å². The number of nitrogens with one attached hydrogen (secondary N) is 1. The number of ketones is 1. The molecule has 1 N–H and O–H groups in total. The fraction of sp³-hybridized carbons (Fsp3) is 0.190. The molecule has 2 aromatic heterocycles. The summed E-state index contributed by atoms with van der Waals surface area (Å²) >= 11 is 0. The first-order valence-corrected chi connectivity index (χ1v) is 8.95. The molecular weight excluding hydrogens is 370 g/mol. The summed E-state index contributed by atoms with van der Waals surface area (Å²) < 4.78 is 7.21. The Morgan fingerprint density at radius 3 is 2.86 bits per heavy atom. The summed E-state index contributed by atoms with van der Waals surface area (Å²) in [4.78, 5) is 29.5. The Balaban J connectivity index is 1.67. The van der Waals surface area contributed by atoms with Crippen molar-refractivity contribution in [1.29, 1.82) is 5.26 Å². The van der Waals surface area contributed by atoms with Crippen LogP contribution in [0.25, 0.3) is 5.82 Å². The van der Waals surface area contributed by atoms with E-state index in [-0.39, 0.29) is 29.1 Å². The normalized spacial score (nSPS) is 14.4. The molecule has 144 valence electrons. The van der Waals surface area contributed by atoms with Gasteiger partial charge in [0.25, 0.3) is 5.91 Å². The molecule has 0 unspecified atom stereocenters. The van der Waals surface area contributed by atoms with E-state index in [4.69, 9.17) is 4.74 Å². The highest BCUT2D eigenvalue weighted by Gasteiger charge is 2.33. The van der Waals surface area contributed by atoms with E-state index in [0.29, 0.717) is 17.1 Å². The highest BCUT2D eigenvalue weighted by atomic mass is 16.5. The van der Waals surface area contributed by atoms with Gasteiger partial charge >= 0.3 is 0 Å². The molecular formula is C21H17N5O3. The van der Waals surface area contributed by atoms with Gasteiger partial charge in [-0.15, -0.1) is 0 Å². The summed E-state index contributed by atoms with van der Waals surface area (Å²) in [5.41, 5.74) is 0.266. The lowest BCUT2D eigenvalue weighted by molar-refractivity contribution is 0.0620. The number of nitriles is 1. The van der Waals surface area contributed by atoms with Crippen LogP contribution >= 0.6 is 0 Å². The molecule has 0 fully saturated rings. The third-order valence-corrected chi connectivity index (χ3v) is 4.50. The van der Waals surface area contributed by atoms with Crippen LogP contribution in [0.2, 0.25) is 0 Å². The van der Waals surface area contributed by atoms with Crippen LogP contribution in [0.4, 0.5) is 5.82 Å². The molecule has 1 amide bonds. The van der Waals surface area contributed by atoms with Crippen molar-refractivity contribution < 1.29 is 14.3 Å². The Kier molecular flexibility index (Phi) is 4.35. The second-order valence-corrected chi connectivity index (χ2v) is 7.25. The molecule has 1 aromatic carbocycles. The van der Waals surface area contributed by atoms with Crippen LogP contribution in [0, 0.1) is 11.3 Å². The van der Waals surface area contributed by atoms with E-state index in [1.807, 2.05) is 19.9 Å². The van der Waals surface area contributed by atoms with Gasteiger partial charge in [0.1, 0.15) is 23.0 Å². The van der Waals surface area contributed by atoms with E-state index < -0.39 is 11.5 Å². The first-order chi connectivity index (χ1) is 13.9. The maximum atomic E-state index is 12.8. The molecule has 1 aliphatic heterocycles. The van der Waals surface area contributed by atoms with Gasteiger partial charge in [0.15, 0.2) is 17.4 Å². The summed E-state index contributed by atoms with van der Waals surface area (Å²) in [7, 11) is 0. The number of Topliss-reactive ketones (excluding diaryl/α,β-unsaturated/α-hetero) is 1. The number of hydrogen-bond acceptors (Lipinski definition) is 6. The van der Waals surface area contributed by atoms with Crippen molar-refractivity contribution in [2.24, 2.45) is 0 Å². The maximum Gasteiger partial charge on any atom is 0.256 e. The van der Waals surface area contributed by atoms with E-state index >= 15 is 0 Å². The Hall–Kier alpha value is -3.99. The predicted molar refractivity (Wildman–Crippen MR) is 104 cm³/mol. The molecule has 0 spiro atoms. The SMILES string of the molecule is CC1(C)CC(=O)c2cc(C(=O)Nc3c(C#N)cnn3-c3ccccn3)ccc2O1. The van der Waals surface area contributed by atoms with Gasteiger partial charge < -0.3 is 10.1 Å². The summed E-state index contributed by atoms with van der Waals surface area (Å²) in [6.07, 6.45) is 3.18. The minimum atomic E-state index is -0.579. The molecule has 8 nitrogen and oxygen atoms in total. The standard InChI is InChI=1S/C21H17N5O3/c1-21(2)10-16(27)15-9-13(6-7-17(15)29-21)20(28)25-19-14(11-22)12-24-26(19)18-5-3-4-8-23-18/h3-9,12H,10H2,1-2H3,(H,25,28). The lowest BCUT2D eigenvalue weighted by atomic mass is 9.92. The fourth-order valence-electron chi connectivity index (χ4n) is 3.18. The van der Waals surface area contributed by atoms with E-state index in [1.54, 1.807) is 36.5 Å². The van der Waals surface area contributed by atoms with Crippen molar-refractivity contribution in [1.82, 2.24) is 14.8 Å². The van der Waals surface area contributed by atoms with Gasteiger partial charge in [0, 0.05) is 11.8 Å². The number of hydrogen-bond donors (Lipinski definition) is 1. The van der Waals surface area contributed by atoms with Gasteiger partial charge in [-0.05, 0) is 44.2 Å². The van der Waals surface area contributed by atoms with Crippen LogP contribution in [0.3, 0.4) is 0 Å². The van der Waals surface area contributed by atoms with Crippen molar-refractivity contribution in [3.63, 3.8) is 0 Å². The minimum absolute atomic E-state index is 0.0814. The minimum Gasteiger partial charge on any atom is -0.487 e. The molecule has 0 bridgehead atoms. The van der Waals surface area contributed by atoms with Crippen LogP contribution in [0.1, 0.15) is 46.5 Å². The number of nitrogens with zero attached hydrogens (tertiary/aromatic N) is 4. The topological polar surface area (TPSA) is 110 Å². The highest BCUT2D eigenvalue weighted by molar-refractivity contribution is 6.08. The van der Waals surface area contributed by atoms with Gasteiger partial charge in [-0.1, -0.05) is 6.07 Å². The van der Waals surface area contributed by atoms with Crippen LogP contribution < -0.4 is 10.1 Å². The Bertz CT molecular complexity index is 1160. The molecule has 4 rings (SSSR count). The van der Waals surface area contributed by atoms with Crippen molar-refractivity contribution in [2.45, 2.75) is 25.9 Å². The lowest BCUT2D eigenvalue weighted by Gasteiger charge is -2.31. The Morgan fingerprint density at radius 1 is 1.31 bits per heavy atom. The van der Waals surface area contributed by atoms with Crippen molar-refractivity contribution >= 4 is 17.5 Å². The van der Waals surface area contributed by atoms with Crippen molar-refractivity contribution in [3.05, 3.63) is 65.5 Å². The second-order valence-electron chi connectivity index (χ2n) is 7.25. The average Bonchev–Trinajstić information content (AvgIpc) is 3.10. The second kappa shape index (κ2) is 6.87. The molecule has 3 aromatic rings. The Morgan fingerprint density at radius 2 is 2.14 bits per heavy atom. The number of amides is 1. The zero-order valence-electron chi connectivity index (χ0n) is 15.8. The predicted octanol–water partition coefficient (Wildman–Crippen LogP) is 3.14. The summed E-state index contributed by atoms with van der Waals surface area (Å²) in [5.74, 6) is 0.568. The van der Waals surface area contributed by atoms with Gasteiger partial charge in [0.05, 0.1) is 18.2 Å². The van der Waals surface area contributed by atoms with E-state index in [9.17, 15) is 14.9 Å². The fourth-order valence-corrected chi connectivity index (χ4v) is 3.18. The number of rotatable bonds is 3. The molecule has 1 aliphatic rings. The van der Waals surface area contributed by atoms with Crippen LogP contribution in [0.5, 0.6) is 5.75 Å². The lowest BCUT2D eigenvalue weighted by Crippen LogP contribution is -2.36. The van der Waals surface area contributed by atoms with Gasteiger partial charge in [0.2, 0.25) is 0 Å². The zero-order valence-corrected chi connectivity index (χ0v) is 15.8. The van der Waals surface area contributed by atoms with Crippen molar-refractivity contribution in [3.8, 4) is 17.6 Å². The zero-order chi connectivity index (χ0) is 20.6. The monoisotopic (exact) mass is 387 g/mol. The molecule has 0 atom stereocenters. The number of benzene rings is 1. The van der Waals surface area contributed by atoms with Crippen LogP contribution in [-0.4, -0.2) is 32.1 Å². The van der Waals surface area contributed by atoms with Crippen LogP contribution in [-0.2, 0) is 0 Å². The Labute approximate surface area is 166 Å². The van der Waals surface area contributed by atoms with E-state index in [1.165, 1.54) is 16.9 Å². The molecule has 8 heteroatoms. The first kappa shape index (κ1) is 18.4. The third-order valence-electron chi connectivity index (χ3n) is 4.50. The summed E-state index contributed by atoms with van der Waals surface area (Å²) in [6, 6.07) is 12.0. The summed E-state index contributed by atoms with van der Waals surface area (Å²) in [6.45, 7) is 3.69. The summed E-state index contributed by atoms with van der Waals surface area (Å²) in [5, 5.41) is 16.2. The number of carbonyl (C=O) groups excluding carboxylic acids is 2. The van der Waals surface area contributed by atoms with Gasteiger partial charge in [-0.3, -0.25) is 9.59 Å². The molecule has 0 saturated heterocycles. The largest absolute Gasteiger partial charge is 0.487 e. The number of fused-ring (bicyclic) bond motifs is 1. The molecule has 0 saturated carbocycles. The number of anilines is 1. The molecule has 0 aliphatic carbocycles. The van der Waals surface area contributed by atoms with E-state index in [2.05, 4.69) is 15.4 Å². The first-order valence-electron chi connectivity index (χ1n) is 8.95. The number of carbonyl (C=O) groups is 2. The number of pyridine rings is 1. The van der Waals surface area contributed by atoms with Gasteiger partial charge in [-0.2, -0.15) is 15.0 Å². The number of aromatic nitrogens is 3. The number of ether oxygens (including phenoxy) is 1. The maximum absolute atomic E-state index is 12.8.